The first-order valence-corrected chi connectivity index (χ1v) is 6.27. The molecule has 0 heterocycles. The Balaban J connectivity index is 2.36. The van der Waals surface area contributed by atoms with Crippen LogP contribution in [0.2, 0.25) is 0 Å². The number of nitrogens with one attached hydrogen (secondary N) is 1. The van der Waals surface area contributed by atoms with Gasteiger partial charge in [-0.05, 0) is 38.2 Å². The summed E-state index contributed by atoms with van der Waals surface area (Å²) >= 11 is 0. The predicted octanol–water partition coefficient (Wildman–Crippen LogP) is 2.62. The van der Waals surface area contributed by atoms with Crippen LogP contribution in [0.4, 0.5) is 28.9 Å². The number of anilines is 2. The van der Waals surface area contributed by atoms with Gasteiger partial charge in [0, 0.05) is 12.1 Å². The van der Waals surface area contributed by atoms with Gasteiger partial charge in [0.1, 0.15) is 5.82 Å². The Kier molecular flexibility index (Phi) is 5.95. The summed E-state index contributed by atoms with van der Waals surface area (Å²) in [5.74, 6) is -1.09. The fourth-order valence-corrected chi connectivity index (χ4v) is 1.75. The third kappa shape index (κ3) is 6.94. The zero-order valence-corrected chi connectivity index (χ0v) is 11.5. The van der Waals surface area contributed by atoms with E-state index in [0.717, 1.165) is 11.0 Å². The van der Waals surface area contributed by atoms with Crippen molar-refractivity contribution in [3.05, 3.63) is 24.0 Å². The molecule has 0 fully saturated rings. The molecule has 1 aromatic rings. The van der Waals surface area contributed by atoms with Gasteiger partial charge in [-0.15, -0.1) is 0 Å². The zero-order valence-electron chi connectivity index (χ0n) is 11.5. The SMILES string of the molecule is CN(CCCC(=O)Nc1cc(N)ccc1F)CC(F)(F)F. The second-order valence-corrected chi connectivity index (χ2v) is 4.74. The van der Waals surface area contributed by atoms with Gasteiger partial charge in [-0.25, -0.2) is 4.39 Å². The van der Waals surface area contributed by atoms with Crippen molar-refractivity contribution in [3.63, 3.8) is 0 Å². The van der Waals surface area contributed by atoms with E-state index in [-0.39, 0.29) is 25.1 Å². The molecule has 0 atom stereocenters. The minimum absolute atomic E-state index is 0.00354. The lowest BCUT2D eigenvalue weighted by Crippen LogP contribution is -2.32. The number of carbonyl (C=O) groups is 1. The van der Waals surface area contributed by atoms with Crippen molar-refractivity contribution in [3.8, 4) is 0 Å². The maximum absolute atomic E-state index is 13.4. The molecule has 0 unspecified atom stereocenters. The van der Waals surface area contributed by atoms with E-state index in [4.69, 9.17) is 5.73 Å². The summed E-state index contributed by atoms with van der Waals surface area (Å²) in [5.41, 5.74) is 5.73. The second-order valence-electron chi connectivity index (χ2n) is 4.74. The molecule has 4 nitrogen and oxygen atoms in total. The molecule has 8 heteroatoms. The van der Waals surface area contributed by atoms with E-state index in [9.17, 15) is 22.4 Å². The predicted molar refractivity (Wildman–Crippen MR) is 72.2 cm³/mol. The summed E-state index contributed by atoms with van der Waals surface area (Å²) in [6, 6.07) is 3.77. The van der Waals surface area contributed by atoms with Crippen LogP contribution in [0.1, 0.15) is 12.8 Å². The first-order valence-electron chi connectivity index (χ1n) is 6.27. The number of nitrogens with two attached hydrogens (primary N) is 1. The highest BCUT2D eigenvalue weighted by atomic mass is 19.4. The lowest BCUT2D eigenvalue weighted by Gasteiger charge is -2.18. The van der Waals surface area contributed by atoms with Gasteiger partial charge in [-0.3, -0.25) is 9.69 Å². The fourth-order valence-electron chi connectivity index (χ4n) is 1.75. The molecule has 1 rings (SSSR count). The van der Waals surface area contributed by atoms with Crippen molar-refractivity contribution < 1.29 is 22.4 Å². The van der Waals surface area contributed by atoms with Crippen LogP contribution in [0.5, 0.6) is 0 Å². The monoisotopic (exact) mass is 307 g/mol. The first-order chi connectivity index (χ1) is 9.67. The highest BCUT2D eigenvalue weighted by molar-refractivity contribution is 5.91. The fraction of sp³-hybridized carbons (Fsp3) is 0.462. The van der Waals surface area contributed by atoms with E-state index in [1.54, 1.807) is 0 Å². The summed E-state index contributed by atoms with van der Waals surface area (Å²) in [5, 5.41) is 2.34. The lowest BCUT2D eigenvalue weighted by atomic mass is 10.2. The van der Waals surface area contributed by atoms with Gasteiger partial charge in [-0.1, -0.05) is 0 Å². The molecular formula is C13H17F4N3O. The maximum atomic E-state index is 13.4. The average molecular weight is 307 g/mol. The van der Waals surface area contributed by atoms with E-state index >= 15 is 0 Å². The van der Waals surface area contributed by atoms with Gasteiger partial charge in [0.05, 0.1) is 12.2 Å². The number of rotatable bonds is 6. The van der Waals surface area contributed by atoms with Crippen molar-refractivity contribution in [1.29, 1.82) is 0 Å². The van der Waals surface area contributed by atoms with Gasteiger partial charge < -0.3 is 11.1 Å². The Morgan fingerprint density at radius 3 is 2.67 bits per heavy atom. The molecule has 0 aliphatic carbocycles. The molecule has 1 aromatic carbocycles. The van der Waals surface area contributed by atoms with Gasteiger partial charge in [0.25, 0.3) is 0 Å². The number of amides is 1. The molecule has 0 saturated heterocycles. The topological polar surface area (TPSA) is 58.4 Å². The van der Waals surface area contributed by atoms with Crippen LogP contribution in [0.15, 0.2) is 18.2 Å². The highest BCUT2D eigenvalue weighted by Gasteiger charge is 2.28. The van der Waals surface area contributed by atoms with Crippen LogP contribution in [0.3, 0.4) is 0 Å². The van der Waals surface area contributed by atoms with Gasteiger partial charge in [0.15, 0.2) is 0 Å². The Bertz CT molecular complexity index is 491. The third-order valence-corrected chi connectivity index (χ3v) is 2.66. The minimum atomic E-state index is -4.26. The number of nitrogens with zero attached hydrogens (tertiary/aromatic N) is 1. The smallest absolute Gasteiger partial charge is 0.399 e. The molecule has 21 heavy (non-hydrogen) atoms. The van der Waals surface area contributed by atoms with Crippen molar-refractivity contribution in [1.82, 2.24) is 4.90 Å². The van der Waals surface area contributed by atoms with Crippen LogP contribution >= 0.6 is 0 Å². The summed E-state index contributed by atoms with van der Waals surface area (Å²) in [6.07, 6.45) is -4.03. The molecule has 1 amide bonds. The molecular weight excluding hydrogens is 290 g/mol. The van der Waals surface area contributed by atoms with Crippen molar-refractivity contribution in [2.75, 3.05) is 31.2 Å². The first kappa shape index (κ1) is 17.2. The maximum Gasteiger partial charge on any atom is 0.401 e. The second kappa shape index (κ2) is 7.26. The van der Waals surface area contributed by atoms with Crippen LogP contribution in [-0.4, -0.2) is 37.1 Å². The Morgan fingerprint density at radius 2 is 2.05 bits per heavy atom. The van der Waals surface area contributed by atoms with E-state index in [1.807, 2.05) is 0 Å². The normalized spacial score (nSPS) is 11.7. The molecule has 118 valence electrons. The summed E-state index contributed by atoms with van der Waals surface area (Å²) in [4.78, 5) is 12.7. The molecule has 3 N–H and O–H groups in total. The quantitative estimate of drug-likeness (QED) is 0.627. The van der Waals surface area contributed by atoms with E-state index < -0.39 is 24.4 Å². The lowest BCUT2D eigenvalue weighted by molar-refractivity contribution is -0.143. The van der Waals surface area contributed by atoms with Crippen LogP contribution in [0, 0.1) is 5.82 Å². The Morgan fingerprint density at radius 1 is 1.38 bits per heavy atom. The number of hydrogen-bond acceptors (Lipinski definition) is 3. The molecule has 0 bridgehead atoms. The largest absolute Gasteiger partial charge is 0.401 e. The van der Waals surface area contributed by atoms with Gasteiger partial charge in [0.2, 0.25) is 5.91 Å². The number of halogens is 4. The summed E-state index contributed by atoms with van der Waals surface area (Å²) < 4.78 is 49.6. The van der Waals surface area contributed by atoms with E-state index in [2.05, 4.69) is 5.32 Å². The Labute approximate surface area is 119 Å². The molecule has 0 spiro atoms. The van der Waals surface area contributed by atoms with Gasteiger partial charge >= 0.3 is 6.18 Å². The molecule has 0 aliphatic heterocycles. The molecule has 0 aliphatic rings. The average Bonchev–Trinajstić information content (AvgIpc) is 2.31. The van der Waals surface area contributed by atoms with Crippen molar-refractivity contribution in [2.24, 2.45) is 0 Å². The number of alkyl halides is 3. The number of carbonyl (C=O) groups excluding carboxylic acids is 1. The van der Waals surface area contributed by atoms with E-state index in [0.29, 0.717) is 5.69 Å². The minimum Gasteiger partial charge on any atom is -0.399 e. The van der Waals surface area contributed by atoms with Crippen molar-refractivity contribution >= 4 is 17.3 Å². The van der Waals surface area contributed by atoms with Crippen LogP contribution in [0.25, 0.3) is 0 Å². The molecule has 0 saturated carbocycles. The zero-order chi connectivity index (χ0) is 16.0. The number of hydrogen-bond donors (Lipinski definition) is 2. The number of nitrogen functional groups attached to an aromatic ring is 1. The van der Waals surface area contributed by atoms with E-state index in [1.165, 1.54) is 19.2 Å². The number of benzene rings is 1. The van der Waals surface area contributed by atoms with Crippen LogP contribution < -0.4 is 11.1 Å². The summed E-state index contributed by atoms with van der Waals surface area (Å²) in [6.45, 7) is -0.912. The van der Waals surface area contributed by atoms with Gasteiger partial charge in [-0.2, -0.15) is 13.2 Å². The standard InChI is InChI=1S/C13H17F4N3O/c1-20(8-13(15,16)17)6-2-3-12(21)19-11-7-9(18)4-5-10(11)14/h4-5,7H,2-3,6,8,18H2,1H3,(H,19,21). The summed E-state index contributed by atoms with van der Waals surface area (Å²) in [7, 11) is 1.32. The molecule has 0 radical (unpaired) electrons. The third-order valence-electron chi connectivity index (χ3n) is 2.66. The van der Waals surface area contributed by atoms with Crippen molar-refractivity contribution in [2.45, 2.75) is 19.0 Å². The molecule has 0 aromatic heterocycles. The highest BCUT2D eigenvalue weighted by Crippen LogP contribution is 2.18. The Hall–Kier alpha value is -1.83. The van der Waals surface area contributed by atoms with Crippen LogP contribution in [-0.2, 0) is 4.79 Å².